The Morgan fingerprint density at radius 3 is 2.35 bits per heavy atom. The maximum atomic E-state index is 11.8. The van der Waals surface area contributed by atoms with Crippen molar-refractivity contribution in [3.05, 3.63) is 59.2 Å². The van der Waals surface area contributed by atoms with E-state index in [2.05, 4.69) is 15.8 Å². The molecule has 0 fully saturated rings. The van der Waals surface area contributed by atoms with E-state index in [1.807, 2.05) is 19.9 Å². The van der Waals surface area contributed by atoms with Crippen molar-refractivity contribution in [3.8, 4) is 5.75 Å². The minimum atomic E-state index is -0.893. The number of carbonyl (C=O) groups is 2. The first-order valence-electron chi connectivity index (χ1n) is 6.96. The molecule has 2 aromatic carbocycles. The van der Waals surface area contributed by atoms with Gasteiger partial charge in [-0.1, -0.05) is 18.2 Å². The second-order valence-electron chi connectivity index (χ2n) is 5.09. The lowest BCUT2D eigenvalue weighted by Gasteiger charge is -2.06. The van der Waals surface area contributed by atoms with Crippen molar-refractivity contribution in [2.24, 2.45) is 5.10 Å². The van der Waals surface area contributed by atoms with Gasteiger partial charge in [0.15, 0.2) is 0 Å². The van der Waals surface area contributed by atoms with Crippen LogP contribution >= 0.6 is 0 Å². The molecule has 0 heterocycles. The Balaban J connectivity index is 1.95. The Morgan fingerprint density at radius 1 is 1.04 bits per heavy atom. The lowest BCUT2D eigenvalue weighted by atomic mass is 10.1. The monoisotopic (exact) mass is 311 g/mol. The number of nitrogens with zero attached hydrogens (tertiary/aromatic N) is 1. The quantitative estimate of drug-likeness (QED) is 0.460. The SMILES string of the molecule is Cc1cc(C)cc(NC(=O)C(=O)NN=Cc2ccccc2O)c1. The highest BCUT2D eigenvalue weighted by atomic mass is 16.3. The minimum absolute atomic E-state index is 0.0326. The van der Waals surface area contributed by atoms with Gasteiger partial charge in [0.05, 0.1) is 6.21 Å². The number of aromatic hydroxyl groups is 1. The molecule has 0 atom stereocenters. The summed E-state index contributed by atoms with van der Waals surface area (Å²) in [6.45, 7) is 3.80. The highest BCUT2D eigenvalue weighted by Gasteiger charge is 2.13. The molecule has 6 nitrogen and oxygen atoms in total. The van der Waals surface area contributed by atoms with Crippen molar-refractivity contribution in [1.82, 2.24) is 5.43 Å². The number of aryl methyl sites for hydroxylation is 2. The number of hydrazone groups is 1. The van der Waals surface area contributed by atoms with Crippen molar-refractivity contribution >= 4 is 23.7 Å². The van der Waals surface area contributed by atoms with Gasteiger partial charge in [0.1, 0.15) is 5.75 Å². The van der Waals surface area contributed by atoms with Crippen LogP contribution < -0.4 is 10.7 Å². The molecule has 0 aliphatic rings. The number of phenolic OH excluding ortho intramolecular Hbond substituents is 1. The molecule has 2 aromatic rings. The highest BCUT2D eigenvalue weighted by Crippen LogP contribution is 2.14. The van der Waals surface area contributed by atoms with E-state index in [9.17, 15) is 14.7 Å². The third-order valence-corrected chi connectivity index (χ3v) is 2.99. The van der Waals surface area contributed by atoms with E-state index in [0.29, 0.717) is 11.3 Å². The number of benzene rings is 2. The van der Waals surface area contributed by atoms with Crippen LogP contribution in [0.4, 0.5) is 5.69 Å². The number of carbonyl (C=O) groups excluding carboxylic acids is 2. The summed E-state index contributed by atoms with van der Waals surface area (Å²) in [4.78, 5) is 23.5. The fraction of sp³-hybridized carbons (Fsp3) is 0.118. The number of hydrogen-bond donors (Lipinski definition) is 3. The lowest BCUT2D eigenvalue weighted by molar-refractivity contribution is -0.136. The number of nitrogens with one attached hydrogen (secondary N) is 2. The van der Waals surface area contributed by atoms with Crippen LogP contribution in [0, 0.1) is 13.8 Å². The number of amides is 2. The van der Waals surface area contributed by atoms with Crippen molar-refractivity contribution in [2.75, 3.05) is 5.32 Å². The molecule has 3 N–H and O–H groups in total. The Bertz CT molecular complexity index is 749. The van der Waals surface area contributed by atoms with E-state index in [1.165, 1.54) is 12.3 Å². The summed E-state index contributed by atoms with van der Waals surface area (Å²) >= 11 is 0. The van der Waals surface area contributed by atoms with Gasteiger partial charge < -0.3 is 10.4 Å². The standard InChI is InChI=1S/C17H17N3O3/c1-11-7-12(2)9-14(8-11)19-16(22)17(23)20-18-10-13-5-3-4-6-15(13)21/h3-10,21H,1-2H3,(H,19,22)(H,20,23). The number of anilines is 1. The zero-order valence-corrected chi connectivity index (χ0v) is 12.8. The van der Waals surface area contributed by atoms with Crippen LogP contribution in [0.1, 0.15) is 16.7 Å². The van der Waals surface area contributed by atoms with Crippen LogP contribution in [0.3, 0.4) is 0 Å². The molecule has 6 heteroatoms. The van der Waals surface area contributed by atoms with Crippen molar-refractivity contribution < 1.29 is 14.7 Å². The molecule has 0 aliphatic heterocycles. The van der Waals surface area contributed by atoms with Gasteiger partial charge >= 0.3 is 11.8 Å². The first-order chi connectivity index (χ1) is 11.0. The molecular weight excluding hydrogens is 294 g/mol. The van der Waals surface area contributed by atoms with Crippen LogP contribution in [0.5, 0.6) is 5.75 Å². The first-order valence-corrected chi connectivity index (χ1v) is 6.96. The van der Waals surface area contributed by atoms with Crippen LogP contribution in [-0.4, -0.2) is 23.1 Å². The van der Waals surface area contributed by atoms with E-state index in [-0.39, 0.29) is 5.75 Å². The van der Waals surface area contributed by atoms with Crippen LogP contribution in [0.15, 0.2) is 47.6 Å². The normalized spacial score (nSPS) is 10.5. The predicted molar refractivity (Wildman–Crippen MR) is 88.4 cm³/mol. The van der Waals surface area contributed by atoms with E-state index in [1.54, 1.807) is 30.3 Å². The lowest BCUT2D eigenvalue weighted by Crippen LogP contribution is -2.32. The van der Waals surface area contributed by atoms with E-state index < -0.39 is 11.8 Å². The van der Waals surface area contributed by atoms with Crippen molar-refractivity contribution in [1.29, 1.82) is 0 Å². The molecule has 23 heavy (non-hydrogen) atoms. The largest absolute Gasteiger partial charge is 0.507 e. The summed E-state index contributed by atoms with van der Waals surface area (Å²) in [5.74, 6) is -1.68. The summed E-state index contributed by atoms with van der Waals surface area (Å²) in [5.41, 5.74) is 5.07. The average Bonchev–Trinajstić information content (AvgIpc) is 2.48. The number of hydrogen-bond acceptors (Lipinski definition) is 4. The van der Waals surface area contributed by atoms with Crippen LogP contribution in [0.25, 0.3) is 0 Å². The van der Waals surface area contributed by atoms with E-state index >= 15 is 0 Å². The van der Waals surface area contributed by atoms with Crippen LogP contribution in [-0.2, 0) is 9.59 Å². The minimum Gasteiger partial charge on any atom is -0.507 e. The summed E-state index contributed by atoms with van der Waals surface area (Å²) < 4.78 is 0. The van der Waals surface area contributed by atoms with Gasteiger partial charge in [-0.25, -0.2) is 5.43 Å². The molecule has 0 radical (unpaired) electrons. The molecule has 2 amide bonds. The zero-order chi connectivity index (χ0) is 16.8. The molecule has 0 unspecified atom stereocenters. The van der Waals surface area contributed by atoms with E-state index in [0.717, 1.165) is 11.1 Å². The van der Waals surface area contributed by atoms with Gasteiger partial charge in [0, 0.05) is 11.3 Å². The topological polar surface area (TPSA) is 90.8 Å². The molecule has 2 rings (SSSR count). The zero-order valence-electron chi connectivity index (χ0n) is 12.8. The molecule has 0 saturated heterocycles. The second-order valence-corrected chi connectivity index (χ2v) is 5.09. The average molecular weight is 311 g/mol. The maximum absolute atomic E-state index is 11.8. The van der Waals surface area contributed by atoms with Gasteiger partial charge in [-0.3, -0.25) is 9.59 Å². The highest BCUT2D eigenvalue weighted by molar-refractivity contribution is 6.39. The third kappa shape index (κ3) is 4.67. The van der Waals surface area contributed by atoms with Gasteiger partial charge in [-0.05, 0) is 49.2 Å². The van der Waals surface area contributed by atoms with Gasteiger partial charge in [0.25, 0.3) is 0 Å². The predicted octanol–water partition coefficient (Wildman–Crippen LogP) is 2.10. The van der Waals surface area contributed by atoms with Gasteiger partial charge in [-0.2, -0.15) is 5.10 Å². The molecule has 118 valence electrons. The first kappa shape index (κ1) is 16.2. The fourth-order valence-electron chi connectivity index (χ4n) is 2.04. The summed E-state index contributed by atoms with van der Waals surface area (Å²) in [6.07, 6.45) is 1.26. The number of rotatable bonds is 3. The maximum Gasteiger partial charge on any atom is 0.329 e. The second kappa shape index (κ2) is 7.22. The molecule has 0 spiro atoms. The van der Waals surface area contributed by atoms with Gasteiger partial charge in [0.2, 0.25) is 0 Å². The number of phenols is 1. The molecule has 0 aliphatic carbocycles. The fourth-order valence-corrected chi connectivity index (χ4v) is 2.04. The van der Waals surface area contributed by atoms with Crippen molar-refractivity contribution in [3.63, 3.8) is 0 Å². The van der Waals surface area contributed by atoms with Crippen LogP contribution in [0.2, 0.25) is 0 Å². The Labute approximate surface area is 133 Å². The Kier molecular flexibility index (Phi) is 5.09. The van der Waals surface area contributed by atoms with Gasteiger partial charge in [-0.15, -0.1) is 0 Å². The Hall–Kier alpha value is -3.15. The molecular formula is C17H17N3O3. The molecule has 0 saturated carbocycles. The number of para-hydroxylation sites is 1. The summed E-state index contributed by atoms with van der Waals surface area (Å²) in [5, 5.41) is 15.7. The summed E-state index contributed by atoms with van der Waals surface area (Å²) in [7, 11) is 0. The van der Waals surface area contributed by atoms with E-state index in [4.69, 9.17) is 0 Å². The Morgan fingerprint density at radius 2 is 1.70 bits per heavy atom. The molecule has 0 bridgehead atoms. The molecule has 0 aromatic heterocycles. The van der Waals surface area contributed by atoms with Crippen molar-refractivity contribution in [2.45, 2.75) is 13.8 Å². The third-order valence-electron chi connectivity index (χ3n) is 2.99. The summed E-state index contributed by atoms with van der Waals surface area (Å²) in [6, 6.07) is 12.0. The smallest absolute Gasteiger partial charge is 0.329 e.